The molecular formula is C14H19FN2. The molecule has 0 bridgehead atoms. The average Bonchev–Trinajstić information content (AvgIpc) is 2.73. The fraction of sp³-hybridized carbons (Fsp3) is 0.571. The highest BCUT2D eigenvalue weighted by molar-refractivity contribution is 5.22. The van der Waals surface area contributed by atoms with Gasteiger partial charge in [-0.2, -0.15) is 0 Å². The summed E-state index contributed by atoms with van der Waals surface area (Å²) in [6.45, 7) is 2.33. The summed E-state index contributed by atoms with van der Waals surface area (Å²) in [6.07, 6.45) is 3.81. The molecular weight excluding hydrogens is 215 g/mol. The summed E-state index contributed by atoms with van der Waals surface area (Å²) < 4.78 is 12.9. The first kappa shape index (κ1) is 11.2. The van der Waals surface area contributed by atoms with Crippen LogP contribution in [0.1, 0.15) is 37.8 Å². The molecule has 1 aromatic rings. The Morgan fingerprint density at radius 3 is 2.65 bits per heavy atom. The Balaban J connectivity index is 1.81. The standard InChI is InChI=1S/C14H19FN2/c1-9-2-7-13-12(8-9)14(17-16-13)10-3-5-11(15)6-4-10/h3-6,9,12-14,16-17H,2,7-8H2,1H3. The van der Waals surface area contributed by atoms with Crippen LogP contribution in [0.4, 0.5) is 4.39 Å². The van der Waals surface area contributed by atoms with Crippen molar-refractivity contribution in [2.24, 2.45) is 11.8 Å². The molecule has 1 saturated heterocycles. The maximum absolute atomic E-state index is 12.9. The zero-order valence-corrected chi connectivity index (χ0v) is 10.1. The van der Waals surface area contributed by atoms with Crippen molar-refractivity contribution in [2.45, 2.75) is 38.3 Å². The first-order valence-corrected chi connectivity index (χ1v) is 6.50. The maximum Gasteiger partial charge on any atom is 0.123 e. The first-order valence-electron chi connectivity index (χ1n) is 6.50. The van der Waals surface area contributed by atoms with E-state index in [0.29, 0.717) is 18.0 Å². The highest BCUT2D eigenvalue weighted by atomic mass is 19.1. The van der Waals surface area contributed by atoms with Crippen LogP contribution < -0.4 is 10.9 Å². The minimum Gasteiger partial charge on any atom is -0.254 e. The number of fused-ring (bicyclic) bond motifs is 1. The lowest BCUT2D eigenvalue weighted by Crippen LogP contribution is -2.34. The van der Waals surface area contributed by atoms with Gasteiger partial charge in [-0.3, -0.25) is 5.43 Å². The third-order valence-corrected chi connectivity index (χ3v) is 4.24. The zero-order valence-electron chi connectivity index (χ0n) is 10.1. The van der Waals surface area contributed by atoms with E-state index in [4.69, 9.17) is 0 Å². The third kappa shape index (κ3) is 2.09. The van der Waals surface area contributed by atoms with E-state index in [0.717, 1.165) is 5.92 Å². The highest BCUT2D eigenvalue weighted by Gasteiger charge is 2.39. The van der Waals surface area contributed by atoms with Crippen LogP contribution in [0.3, 0.4) is 0 Å². The Morgan fingerprint density at radius 1 is 1.12 bits per heavy atom. The highest BCUT2D eigenvalue weighted by Crippen LogP contribution is 2.39. The Hall–Kier alpha value is -0.930. The topological polar surface area (TPSA) is 24.1 Å². The van der Waals surface area contributed by atoms with Crippen molar-refractivity contribution in [3.63, 3.8) is 0 Å². The van der Waals surface area contributed by atoms with Crippen LogP contribution in [0.25, 0.3) is 0 Å². The molecule has 3 heteroatoms. The molecule has 92 valence electrons. The zero-order chi connectivity index (χ0) is 11.8. The summed E-state index contributed by atoms with van der Waals surface area (Å²) in [4.78, 5) is 0. The van der Waals surface area contributed by atoms with Crippen molar-refractivity contribution < 1.29 is 4.39 Å². The Bertz CT molecular complexity index is 390. The number of hydrazine groups is 1. The van der Waals surface area contributed by atoms with Gasteiger partial charge in [0.05, 0.1) is 6.04 Å². The van der Waals surface area contributed by atoms with Crippen LogP contribution in [0.2, 0.25) is 0 Å². The van der Waals surface area contributed by atoms with E-state index < -0.39 is 0 Å². The molecule has 2 fully saturated rings. The van der Waals surface area contributed by atoms with Crippen molar-refractivity contribution in [2.75, 3.05) is 0 Å². The van der Waals surface area contributed by atoms with Crippen LogP contribution in [0.15, 0.2) is 24.3 Å². The normalized spacial score (nSPS) is 36.8. The predicted molar refractivity (Wildman–Crippen MR) is 65.7 cm³/mol. The number of rotatable bonds is 1. The molecule has 0 amide bonds. The van der Waals surface area contributed by atoms with E-state index in [1.54, 1.807) is 12.1 Å². The van der Waals surface area contributed by atoms with E-state index in [1.165, 1.54) is 24.8 Å². The van der Waals surface area contributed by atoms with Gasteiger partial charge in [-0.25, -0.2) is 9.82 Å². The molecule has 1 aliphatic carbocycles. The molecule has 0 spiro atoms. The minimum atomic E-state index is -0.159. The SMILES string of the molecule is CC1CCC2NNC(c3ccc(F)cc3)C2C1. The second-order valence-electron chi connectivity index (χ2n) is 5.51. The van der Waals surface area contributed by atoms with Crippen molar-refractivity contribution in [1.82, 2.24) is 10.9 Å². The number of hydrogen-bond donors (Lipinski definition) is 2. The molecule has 3 rings (SSSR count). The predicted octanol–water partition coefficient (Wildman–Crippen LogP) is 2.78. The summed E-state index contributed by atoms with van der Waals surface area (Å²) in [5, 5.41) is 0. The summed E-state index contributed by atoms with van der Waals surface area (Å²) in [5.74, 6) is 1.29. The van der Waals surface area contributed by atoms with Gasteiger partial charge in [-0.15, -0.1) is 0 Å². The van der Waals surface area contributed by atoms with Crippen LogP contribution in [-0.4, -0.2) is 6.04 Å². The number of nitrogens with one attached hydrogen (secondary N) is 2. The lowest BCUT2D eigenvalue weighted by Gasteiger charge is -2.31. The molecule has 4 unspecified atom stereocenters. The molecule has 1 heterocycles. The Morgan fingerprint density at radius 2 is 1.88 bits per heavy atom. The summed E-state index contributed by atoms with van der Waals surface area (Å²) in [5.41, 5.74) is 7.98. The molecule has 1 aromatic carbocycles. The van der Waals surface area contributed by atoms with Gasteiger partial charge in [0, 0.05) is 6.04 Å². The summed E-state index contributed by atoms with van der Waals surface area (Å²) in [7, 11) is 0. The third-order valence-electron chi connectivity index (χ3n) is 4.24. The molecule has 1 aliphatic heterocycles. The van der Waals surface area contributed by atoms with Gasteiger partial charge in [0.1, 0.15) is 5.82 Å². The number of hydrogen-bond acceptors (Lipinski definition) is 2. The Labute approximate surface area is 102 Å². The maximum atomic E-state index is 12.9. The largest absolute Gasteiger partial charge is 0.254 e. The van der Waals surface area contributed by atoms with E-state index in [-0.39, 0.29) is 5.82 Å². The molecule has 4 atom stereocenters. The van der Waals surface area contributed by atoms with Gasteiger partial charge in [0.15, 0.2) is 0 Å². The van der Waals surface area contributed by atoms with Crippen molar-refractivity contribution in [3.8, 4) is 0 Å². The van der Waals surface area contributed by atoms with Crippen LogP contribution >= 0.6 is 0 Å². The molecule has 0 radical (unpaired) electrons. The smallest absolute Gasteiger partial charge is 0.123 e. The molecule has 0 aromatic heterocycles. The van der Waals surface area contributed by atoms with E-state index >= 15 is 0 Å². The lowest BCUT2D eigenvalue weighted by molar-refractivity contribution is 0.245. The fourth-order valence-electron chi connectivity index (χ4n) is 3.28. The van der Waals surface area contributed by atoms with Gasteiger partial charge >= 0.3 is 0 Å². The second kappa shape index (κ2) is 4.39. The first-order chi connectivity index (χ1) is 8.24. The lowest BCUT2D eigenvalue weighted by atomic mass is 9.75. The van der Waals surface area contributed by atoms with Crippen molar-refractivity contribution >= 4 is 0 Å². The van der Waals surface area contributed by atoms with E-state index in [2.05, 4.69) is 17.8 Å². The molecule has 2 aliphatic rings. The van der Waals surface area contributed by atoms with Gasteiger partial charge < -0.3 is 0 Å². The molecule has 1 saturated carbocycles. The van der Waals surface area contributed by atoms with Gasteiger partial charge in [-0.1, -0.05) is 19.1 Å². The molecule has 17 heavy (non-hydrogen) atoms. The van der Waals surface area contributed by atoms with Gasteiger partial charge in [-0.05, 0) is 48.8 Å². The number of benzene rings is 1. The van der Waals surface area contributed by atoms with Crippen molar-refractivity contribution in [3.05, 3.63) is 35.6 Å². The van der Waals surface area contributed by atoms with Crippen LogP contribution in [-0.2, 0) is 0 Å². The van der Waals surface area contributed by atoms with Crippen LogP contribution in [0.5, 0.6) is 0 Å². The number of halogens is 1. The van der Waals surface area contributed by atoms with E-state index in [9.17, 15) is 4.39 Å². The van der Waals surface area contributed by atoms with E-state index in [1.807, 2.05) is 12.1 Å². The molecule has 2 N–H and O–H groups in total. The average molecular weight is 234 g/mol. The second-order valence-corrected chi connectivity index (χ2v) is 5.51. The van der Waals surface area contributed by atoms with Gasteiger partial charge in [0.2, 0.25) is 0 Å². The minimum absolute atomic E-state index is 0.159. The van der Waals surface area contributed by atoms with Crippen LogP contribution in [0, 0.1) is 17.7 Å². The summed E-state index contributed by atoms with van der Waals surface area (Å²) in [6, 6.07) is 7.82. The fourth-order valence-corrected chi connectivity index (χ4v) is 3.28. The van der Waals surface area contributed by atoms with Gasteiger partial charge in [0.25, 0.3) is 0 Å². The quantitative estimate of drug-likeness (QED) is 0.780. The van der Waals surface area contributed by atoms with Crippen molar-refractivity contribution in [1.29, 1.82) is 0 Å². The monoisotopic (exact) mass is 234 g/mol. The summed E-state index contributed by atoms with van der Waals surface area (Å²) >= 11 is 0. The Kier molecular flexibility index (Phi) is 2.89. The molecule has 2 nitrogen and oxygen atoms in total.